The fraction of sp³-hybridized carbons (Fsp3) is 0.333. The van der Waals surface area contributed by atoms with Crippen LogP contribution in [-0.4, -0.2) is 62.2 Å². The molecule has 3 aromatic rings. The molecule has 0 spiro atoms. The van der Waals surface area contributed by atoms with E-state index in [2.05, 4.69) is 15.3 Å². The first-order valence-electron chi connectivity index (χ1n) is 11.2. The highest BCUT2D eigenvalue weighted by Gasteiger charge is 2.24. The molecule has 1 aliphatic heterocycles. The zero-order valence-electron chi connectivity index (χ0n) is 19.3. The molecule has 0 radical (unpaired) electrons. The van der Waals surface area contributed by atoms with Crippen molar-refractivity contribution >= 4 is 27.3 Å². The molecule has 0 aliphatic carbocycles. The molecular weight excluding hydrogens is 454 g/mol. The number of amides is 1. The van der Waals surface area contributed by atoms with Crippen LogP contribution in [0.4, 0.5) is 11.4 Å². The lowest BCUT2D eigenvalue weighted by Crippen LogP contribution is -2.25. The number of carbonyl (C=O) groups is 1. The third kappa shape index (κ3) is 5.40. The predicted molar refractivity (Wildman–Crippen MR) is 131 cm³/mol. The van der Waals surface area contributed by atoms with Gasteiger partial charge >= 0.3 is 0 Å². The van der Waals surface area contributed by atoms with Gasteiger partial charge in [0.1, 0.15) is 12.4 Å². The summed E-state index contributed by atoms with van der Waals surface area (Å²) in [6, 6.07) is 13.7. The van der Waals surface area contributed by atoms with Crippen molar-refractivity contribution in [1.29, 1.82) is 0 Å². The number of nitrogens with zero attached hydrogens (tertiary/aromatic N) is 4. The van der Waals surface area contributed by atoms with Crippen molar-refractivity contribution in [2.24, 2.45) is 0 Å². The molecule has 1 aliphatic rings. The van der Waals surface area contributed by atoms with Crippen LogP contribution in [0.5, 0.6) is 5.75 Å². The molecule has 1 aromatic heterocycles. The quantitative estimate of drug-likeness (QED) is 0.503. The average molecular weight is 484 g/mol. The van der Waals surface area contributed by atoms with Crippen LogP contribution in [0.1, 0.15) is 23.2 Å². The van der Waals surface area contributed by atoms with Gasteiger partial charge in [-0.05, 0) is 49.2 Å². The van der Waals surface area contributed by atoms with Gasteiger partial charge in [-0.25, -0.2) is 12.7 Å². The minimum atomic E-state index is -3.67. The van der Waals surface area contributed by atoms with Gasteiger partial charge in [-0.3, -0.25) is 9.48 Å². The highest BCUT2D eigenvalue weighted by molar-refractivity contribution is 7.89. The number of hydrogen-bond acceptors (Lipinski definition) is 6. The van der Waals surface area contributed by atoms with Crippen LogP contribution < -0.4 is 15.0 Å². The Bertz CT molecular complexity index is 1240. The lowest BCUT2D eigenvalue weighted by Gasteiger charge is -2.22. The minimum Gasteiger partial charge on any atom is -0.492 e. The number of carbonyl (C=O) groups excluding carboxylic acids is 1. The highest BCUT2D eigenvalue weighted by Crippen LogP contribution is 2.29. The van der Waals surface area contributed by atoms with Crippen molar-refractivity contribution in [1.82, 2.24) is 14.1 Å². The largest absolute Gasteiger partial charge is 0.492 e. The number of benzene rings is 2. The SMILES string of the molecule is CN(C)S(=O)(=O)c1ccc(N2CCCC2)c(C(=O)Nc2cccc(OCCn3cccn3)c2)c1. The molecule has 1 fully saturated rings. The molecule has 1 amide bonds. The van der Waals surface area contributed by atoms with E-state index in [1.165, 1.54) is 20.2 Å². The Hall–Kier alpha value is -3.37. The van der Waals surface area contributed by atoms with Gasteiger partial charge in [0.2, 0.25) is 10.0 Å². The lowest BCUT2D eigenvalue weighted by atomic mass is 10.1. The number of rotatable bonds is 9. The van der Waals surface area contributed by atoms with Crippen LogP contribution in [0.2, 0.25) is 0 Å². The molecule has 2 heterocycles. The van der Waals surface area contributed by atoms with Crippen LogP contribution in [0.25, 0.3) is 0 Å². The number of hydrogen-bond donors (Lipinski definition) is 1. The zero-order chi connectivity index (χ0) is 24.1. The van der Waals surface area contributed by atoms with Gasteiger partial charge in [0.05, 0.1) is 17.0 Å². The maximum Gasteiger partial charge on any atom is 0.257 e. The number of ether oxygens (including phenoxy) is 1. The predicted octanol–water partition coefficient (Wildman–Crippen LogP) is 3.06. The van der Waals surface area contributed by atoms with Gasteiger partial charge in [-0.1, -0.05) is 6.07 Å². The Morgan fingerprint density at radius 1 is 1.12 bits per heavy atom. The molecule has 0 saturated carbocycles. The van der Waals surface area contributed by atoms with Crippen molar-refractivity contribution < 1.29 is 17.9 Å². The van der Waals surface area contributed by atoms with Crippen molar-refractivity contribution in [3.8, 4) is 5.75 Å². The summed E-state index contributed by atoms with van der Waals surface area (Å²) in [6.45, 7) is 2.71. The summed E-state index contributed by atoms with van der Waals surface area (Å²) < 4.78 is 34.1. The van der Waals surface area contributed by atoms with Gasteiger partial charge in [-0.2, -0.15) is 5.10 Å². The molecule has 1 saturated heterocycles. The summed E-state index contributed by atoms with van der Waals surface area (Å²) in [4.78, 5) is 15.5. The molecule has 1 N–H and O–H groups in total. The normalized spacial score (nSPS) is 13.9. The maximum atomic E-state index is 13.3. The fourth-order valence-corrected chi connectivity index (χ4v) is 4.78. The topological polar surface area (TPSA) is 96.8 Å². The molecule has 9 nitrogen and oxygen atoms in total. The molecule has 2 aromatic carbocycles. The maximum absolute atomic E-state index is 13.3. The van der Waals surface area contributed by atoms with Gasteiger partial charge in [0, 0.05) is 57.0 Å². The first-order chi connectivity index (χ1) is 16.3. The minimum absolute atomic E-state index is 0.0845. The molecule has 10 heteroatoms. The second kappa shape index (κ2) is 10.3. The van der Waals surface area contributed by atoms with Crippen molar-refractivity contribution in [2.75, 3.05) is 44.0 Å². The zero-order valence-corrected chi connectivity index (χ0v) is 20.2. The molecule has 180 valence electrons. The summed E-state index contributed by atoms with van der Waals surface area (Å²) in [5.74, 6) is 0.250. The molecule has 0 bridgehead atoms. The van der Waals surface area contributed by atoms with Gasteiger partial charge in [0.15, 0.2) is 0 Å². The van der Waals surface area contributed by atoms with Crippen LogP contribution in [-0.2, 0) is 16.6 Å². The molecular formula is C24H29N5O4S. The molecule has 0 unspecified atom stereocenters. The van der Waals surface area contributed by atoms with E-state index >= 15 is 0 Å². The summed E-state index contributed by atoms with van der Waals surface area (Å²) in [5.41, 5.74) is 1.63. The highest BCUT2D eigenvalue weighted by atomic mass is 32.2. The van der Waals surface area contributed by atoms with E-state index in [9.17, 15) is 13.2 Å². The van der Waals surface area contributed by atoms with Crippen LogP contribution in [0.3, 0.4) is 0 Å². The standard InChI is InChI=1S/C24H29N5O4S/c1-27(2)34(31,32)21-9-10-23(28-12-3-4-13-28)22(18-21)24(30)26-19-7-5-8-20(17-19)33-16-15-29-14-6-11-25-29/h5-11,14,17-18H,3-4,12-13,15-16H2,1-2H3,(H,26,30). The van der Waals surface area contributed by atoms with Gasteiger partial charge < -0.3 is 15.0 Å². The third-order valence-electron chi connectivity index (χ3n) is 5.68. The smallest absolute Gasteiger partial charge is 0.257 e. The second-order valence-electron chi connectivity index (χ2n) is 8.26. The Labute approximate surface area is 200 Å². The van der Waals surface area contributed by atoms with Crippen molar-refractivity contribution in [3.05, 3.63) is 66.5 Å². The van der Waals surface area contributed by atoms with E-state index < -0.39 is 10.0 Å². The molecule has 34 heavy (non-hydrogen) atoms. The first kappa shape index (κ1) is 23.8. The summed E-state index contributed by atoms with van der Waals surface area (Å²) in [7, 11) is -0.727. The number of aromatic nitrogens is 2. The second-order valence-corrected chi connectivity index (χ2v) is 10.4. The average Bonchev–Trinajstić information content (AvgIpc) is 3.53. The Kier molecular flexibility index (Phi) is 7.18. The number of anilines is 2. The van der Waals surface area contributed by atoms with E-state index in [0.29, 0.717) is 30.2 Å². The Morgan fingerprint density at radius 2 is 1.91 bits per heavy atom. The van der Waals surface area contributed by atoms with E-state index in [1.54, 1.807) is 41.2 Å². The summed E-state index contributed by atoms with van der Waals surface area (Å²) >= 11 is 0. The van der Waals surface area contributed by atoms with E-state index in [4.69, 9.17) is 4.74 Å². The summed E-state index contributed by atoms with van der Waals surface area (Å²) in [6.07, 6.45) is 5.65. The van der Waals surface area contributed by atoms with Crippen LogP contribution in [0.15, 0.2) is 65.8 Å². The molecule has 4 rings (SSSR count). The van der Waals surface area contributed by atoms with E-state index in [0.717, 1.165) is 35.9 Å². The Balaban J connectivity index is 1.54. The van der Waals surface area contributed by atoms with E-state index in [1.807, 2.05) is 18.3 Å². The van der Waals surface area contributed by atoms with Crippen LogP contribution in [0, 0.1) is 0 Å². The van der Waals surface area contributed by atoms with Crippen molar-refractivity contribution in [2.45, 2.75) is 24.3 Å². The Morgan fingerprint density at radius 3 is 2.62 bits per heavy atom. The fourth-order valence-electron chi connectivity index (χ4n) is 3.85. The lowest BCUT2D eigenvalue weighted by molar-refractivity contribution is 0.102. The number of nitrogens with one attached hydrogen (secondary N) is 1. The van der Waals surface area contributed by atoms with Crippen molar-refractivity contribution in [3.63, 3.8) is 0 Å². The molecule has 0 atom stereocenters. The number of sulfonamides is 1. The van der Waals surface area contributed by atoms with E-state index in [-0.39, 0.29) is 10.8 Å². The van der Waals surface area contributed by atoms with Gasteiger partial charge in [-0.15, -0.1) is 0 Å². The van der Waals surface area contributed by atoms with Crippen LogP contribution >= 0.6 is 0 Å². The third-order valence-corrected chi connectivity index (χ3v) is 7.49. The summed E-state index contributed by atoms with van der Waals surface area (Å²) in [5, 5.41) is 7.05. The van der Waals surface area contributed by atoms with Gasteiger partial charge in [0.25, 0.3) is 5.91 Å². The first-order valence-corrected chi connectivity index (χ1v) is 12.6. The monoisotopic (exact) mass is 483 g/mol.